The molecule has 1 N–H and O–H groups in total. The van der Waals surface area contributed by atoms with Gasteiger partial charge in [0.05, 0.1) is 19.0 Å². The maximum absolute atomic E-state index is 12.5. The van der Waals surface area contributed by atoms with E-state index in [1.807, 2.05) is 6.92 Å². The Morgan fingerprint density at radius 2 is 2.05 bits per heavy atom. The minimum atomic E-state index is -0.708. The molecule has 0 saturated heterocycles. The van der Waals surface area contributed by atoms with Crippen LogP contribution in [0.3, 0.4) is 0 Å². The van der Waals surface area contributed by atoms with Crippen molar-refractivity contribution in [3.05, 3.63) is 27.2 Å². The van der Waals surface area contributed by atoms with Crippen molar-refractivity contribution in [1.82, 2.24) is 18.7 Å². The number of hydrogen-bond acceptors (Lipinski definition) is 4. The first-order chi connectivity index (χ1) is 9.51. The smallest absolute Gasteiger partial charge is 0.332 e. The van der Waals surface area contributed by atoms with Crippen molar-refractivity contribution in [1.29, 1.82) is 0 Å². The average Bonchev–Trinajstić information content (AvgIpc) is 2.85. The van der Waals surface area contributed by atoms with Gasteiger partial charge in [-0.05, 0) is 12.8 Å². The van der Waals surface area contributed by atoms with Gasteiger partial charge in [-0.1, -0.05) is 13.8 Å². The number of rotatable bonds is 5. The second kappa shape index (κ2) is 5.62. The lowest BCUT2D eigenvalue weighted by Gasteiger charge is -2.12. The number of nitrogens with zero attached hydrogens (tertiary/aromatic N) is 4. The molecule has 0 aliphatic heterocycles. The van der Waals surface area contributed by atoms with Gasteiger partial charge >= 0.3 is 5.69 Å². The van der Waals surface area contributed by atoms with Crippen LogP contribution in [0, 0.1) is 0 Å². The summed E-state index contributed by atoms with van der Waals surface area (Å²) >= 11 is 0. The monoisotopic (exact) mass is 280 g/mol. The highest BCUT2D eigenvalue weighted by molar-refractivity contribution is 5.69. The number of aliphatic hydroxyl groups is 1. The van der Waals surface area contributed by atoms with Crippen LogP contribution < -0.4 is 11.2 Å². The lowest BCUT2D eigenvalue weighted by molar-refractivity contribution is 0.146. The van der Waals surface area contributed by atoms with E-state index in [0.717, 1.165) is 11.0 Å². The maximum atomic E-state index is 12.5. The molecule has 7 heteroatoms. The fraction of sp³-hybridized carbons (Fsp3) is 0.615. The highest BCUT2D eigenvalue weighted by Gasteiger charge is 2.17. The van der Waals surface area contributed by atoms with Crippen LogP contribution in [0.5, 0.6) is 0 Å². The zero-order chi connectivity index (χ0) is 14.9. The van der Waals surface area contributed by atoms with Gasteiger partial charge in [0, 0.05) is 13.6 Å². The fourth-order valence-corrected chi connectivity index (χ4v) is 2.23. The third-order valence-corrected chi connectivity index (χ3v) is 3.43. The Hall–Kier alpha value is -1.89. The van der Waals surface area contributed by atoms with Crippen molar-refractivity contribution in [2.45, 2.75) is 45.9 Å². The van der Waals surface area contributed by atoms with E-state index in [2.05, 4.69) is 4.98 Å². The van der Waals surface area contributed by atoms with Crippen LogP contribution in [0.2, 0.25) is 0 Å². The lowest BCUT2D eigenvalue weighted by atomic mass is 10.3. The number of aliphatic hydroxyl groups excluding tert-OH is 1. The van der Waals surface area contributed by atoms with Crippen molar-refractivity contribution >= 4 is 11.2 Å². The first-order valence-corrected chi connectivity index (χ1v) is 6.83. The SMILES string of the molecule is CCCn1cnc2c1c(=O)n(C[C@@H](O)CC)c(=O)n2C. The lowest BCUT2D eigenvalue weighted by Crippen LogP contribution is -2.42. The highest BCUT2D eigenvalue weighted by Crippen LogP contribution is 2.06. The second-order valence-electron chi connectivity index (χ2n) is 4.93. The van der Waals surface area contributed by atoms with Gasteiger partial charge in [-0.15, -0.1) is 0 Å². The van der Waals surface area contributed by atoms with Crippen LogP contribution in [0.1, 0.15) is 26.7 Å². The molecule has 0 unspecified atom stereocenters. The first-order valence-electron chi connectivity index (χ1n) is 6.83. The predicted octanol–water partition coefficient (Wildman–Crippen LogP) is 0.0776. The van der Waals surface area contributed by atoms with Crippen LogP contribution in [-0.2, 0) is 20.1 Å². The molecule has 0 aromatic carbocycles. The molecule has 2 heterocycles. The third kappa shape index (κ3) is 2.29. The Bertz CT molecular complexity index is 726. The van der Waals surface area contributed by atoms with E-state index in [1.165, 1.54) is 4.57 Å². The minimum Gasteiger partial charge on any atom is -0.391 e. The van der Waals surface area contributed by atoms with E-state index in [0.29, 0.717) is 24.1 Å². The number of aryl methyl sites for hydroxylation is 2. The minimum absolute atomic E-state index is 0.00918. The molecule has 110 valence electrons. The van der Waals surface area contributed by atoms with E-state index in [4.69, 9.17) is 0 Å². The van der Waals surface area contributed by atoms with Gasteiger partial charge in [-0.3, -0.25) is 13.9 Å². The Kier molecular flexibility index (Phi) is 4.08. The van der Waals surface area contributed by atoms with Crippen molar-refractivity contribution in [2.75, 3.05) is 0 Å². The molecule has 2 aromatic rings. The maximum Gasteiger partial charge on any atom is 0.332 e. The fourth-order valence-electron chi connectivity index (χ4n) is 2.23. The van der Waals surface area contributed by atoms with Gasteiger partial charge in [0.1, 0.15) is 0 Å². The van der Waals surface area contributed by atoms with Gasteiger partial charge in [0.25, 0.3) is 5.56 Å². The highest BCUT2D eigenvalue weighted by atomic mass is 16.3. The van der Waals surface area contributed by atoms with Crippen LogP contribution in [0.25, 0.3) is 11.2 Å². The summed E-state index contributed by atoms with van der Waals surface area (Å²) in [6, 6.07) is 0. The summed E-state index contributed by atoms with van der Waals surface area (Å²) in [5.74, 6) is 0. The second-order valence-corrected chi connectivity index (χ2v) is 4.93. The molecule has 0 fully saturated rings. The van der Waals surface area contributed by atoms with Crippen LogP contribution in [-0.4, -0.2) is 29.9 Å². The molecule has 0 aliphatic rings. The Morgan fingerprint density at radius 3 is 2.65 bits per heavy atom. The Labute approximate surface area is 116 Å². The average molecular weight is 280 g/mol. The van der Waals surface area contributed by atoms with Gasteiger partial charge in [0.15, 0.2) is 11.2 Å². The van der Waals surface area contributed by atoms with Crippen LogP contribution in [0.4, 0.5) is 0 Å². The van der Waals surface area contributed by atoms with E-state index in [9.17, 15) is 14.7 Å². The van der Waals surface area contributed by atoms with Crippen LogP contribution >= 0.6 is 0 Å². The zero-order valence-corrected chi connectivity index (χ0v) is 12.0. The molecule has 0 amide bonds. The quantitative estimate of drug-likeness (QED) is 0.840. The number of imidazole rings is 1. The summed E-state index contributed by atoms with van der Waals surface area (Å²) in [6.45, 7) is 4.49. The predicted molar refractivity (Wildman–Crippen MR) is 75.8 cm³/mol. The molecule has 20 heavy (non-hydrogen) atoms. The number of fused-ring (bicyclic) bond motifs is 1. The van der Waals surface area contributed by atoms with E-state index >= 15 is 0 Å². The summed E-state index contributed by atoms with van der Waals surface area (Å²) in [5, 5.41) is 9.72. The van der Waals surface area contributed by atoms with Crippen molar-refractivity contribution < 1.29 is 5.11 Å². The molecule has 0 aliphatic carbocycles. The summed E-state index contributed by atoms with van der Waals surface area (Å²) < 4.78 is 4.20. The van der Waals surface area contributed by atoms with Crippen LogP contribution in [0.15, 0.2) is 15.9 Å². The summed E-state index contributed by atoms with van der Waals surface area (Å²) in [6.07, 6.45) is 2.23. The molecule has 2 rings (SSSR count). The van der Waals surface area contributed by atoms with Gasteiger partial charge in [0.2, 0.25) is 0 Å². The molecular formula is C13H20N4O3. The topological polar surface area (TPSA) is 82.1 Å². The molecule has 1 atom stereocenters. The molecule has 0 spiro atoms. The van der Waals surface area contributed by atoms with Gasteiger partial charge in [-0.2, -0.15) is 0 Å². The number of hydrogen-bond donors (Lipinski definition) is 1. The van der Waals surface area contributed by atoms with Crippen molar-refractivity contribution in [3.63, 3.8) is 0 Å². The third-order valence-electron chi connectivity index (χ3n) is 3.43. The molecular weight excluding hydrogens is 260 g/mol. The normalized spacial score (nSPS) is 13.0. The first kappa shape index (κ1) is 14.5. The van der Waals surface area contributed by atoms with Gasteiger partial charge in [-0.25, -0.2) is 9.78 Å². The molecule has 0 bridgehead atoms. The molecule has 7 nitrogen and oxygen atoms in total. The van der Waals surface area contributed by atoms with Gasteiger partial charge < -0.3 is 9.67 Å². The molecule has 0 saturated carbocycles. The molecule has 0 radical (unpaired) electrons. The number of aromatic nitrogens is 4. The summed E-state index contributed by atoms with van der Waals surface area (Å²) in [4.78, 5) is 28.8. The standard InChI is InChI=1S/C13H20N4O3/c1-4-6-16-8-14-11-10(16)12(19)17(7-9(18)5-2)13(20)15(11)3/h8-9,18H,4-7H2,1-3H3/t9-/m0/s1. The Morgan fingerprint density at radius 1 is 1.35 bits per heavy atom. The largest absolute Gasteiger partial charge is 0.391 e. The van der Waals surface area contributed by atoms with Crippen molar-refractivity contribution in [2.24, 2.45) is 7.05 Å². The van der Waals surface area contributed by atoms with E-state index in [1.54, 1.807) is 24.9 Å². The zero-order valence-electron chi connectivity index (χ0n) is 12.0. The van der Waals surface area contributed by atoms with E-state index < -0.39 is 11.8 Å². The Balaban J connectivity index is 2.72. The summed E-state index contributed by atoms with van der Waals surface area (Å²) in [5.41, 5.74) is -0.0359. The summed E-state index contributed by atoms with van der Waals surface area (Å²) in [7, 11) is 1.59. The van der Waals surface area contributed by atoms with E-state index in [-0.39, 0.29) is 12.1 Å². The molecule has 2 aromatic heterocycles. The van der Waals surface area contributed by atoms with Crippen molar-refractivity contribution in [3.8, 4) is 0 Å².